The molecule has 0 fully saturated rings. The molecule has 0 saturated heterocycles. The topological polar surface area (TPSA) is 77.9 Å². The smallest absolute Gasteiger partial charge is 0.164 e. The molecule has 0 spiro atoms. The molecule has 0 amide bonds. The summed E-state index contributed by atoms with van der Waals surface area (Å²) in [7, 11) is 3.92. The highest BCUT2D eigenvalue weighted by atomic mass is 16.5. The second-order valence-corrected chi connectivity index (χ2v) is 6.81. The van der Waals surface area contributed by atoms with Crippen molar-refractivity contribution in [1.82, 2.24) is 9.78 Å². The van der Waals surface area contributed by atoms with E-state index >= 15 is 0 Å². The first-order valence-corrected chi connectivity index (χ1v) is 7.84. The van der Waals surface area contributed by atoms with E-state index in [1.54, 1.807) is 0 Å². The second kappa shape index (κ2) is 5.77. The summed E-state index contributed by atoms with van der Waals surface area (Å²) in [4.78, 5) is 1.99. The van der Waals surface area contributed by atoms with E-state index in [0.29, 0.717) is 18.6 Å². The average Bonchev–Trinajstić information content (AvgIpc) is 2.54. The van der Waals surface area contributed by atoms with Gasteiger partial charge in [0.15, 0.2) is 5.49 Å². The van der Waals surface area contributed by atoms with Crippen molar-refractivity contribution < 1.29 is 4.74 Å². The molecular weight excluding hydrogens is 302 g/mol. The number of anilines is 1. The van der Waals surface area contributed by atoms with Crippen molar-refractivity contribution in [1.29, 1.82) is 10.7 Å². The van der Waals surface area contributed by atoms with E-state index in [9.17, 15) is 5.26 Å². The van der Waals surface area contributed by atoms with E-state index in [2.05, 4.69) is 11.2 Å². The monoisotopic (exact) mass is 323 g/mol. The number of rotatable bonds is 2. The van der Waals surface area contributed by atoms with Crippen LogP contribution < -0.4 is 10.4 Å². The predicted molar refractivity (Wildman–Crippen MR) is 91.0 cm³/mol. The molecule has 1 N–H and O–H groups in total. The highest BCUT2D eigenvalue weighted by Crippen LogP contribution is 2.28. The van der Waals surface area contributed by atoms with Gasteiger partial charge in [0.1, 0.15) is 11.6 Å². The van der Waals surface area contributed by atoms with E-state index in [4.69, 9.17) is 10.1 Å². The summed E-state index contributed by atoms with van der Waals surface area (Å²) in [6.45, 7) is 4.33. The van der Waals surface area contributed by atoms with E-state index in [0.717, 1.165) is 22.6 Å². The van der Waals surface area contributed by atoms with Crippen molar-refractivity contribution in [2.24, 2.45) is 0 Å². The molecule has 0 aliphatic carbocycles. The Morgan fingerprint density at radius 1 is 1.38 bits per heavy atom. The molecule has 0 unspecified atom stereocenters. The summed E-state index contributed by atoms with van der Waals surface area (Å²) in [5, 5.41) is 22.6. The number of nitrogens with zero attached hydrogens (tertiary/aromatic N) is 4. The van der Waals surface area contributed by atoms with Crippen molar-refractivity contribution >= 4 is 5.69 Å². The summed E-state index contributed by atoms with van der Waals surface area (Å²) in [6.07, 6.45) is 0.586. The van der Waals surface area contributed by atoms with Crippen LogP contribution in [0, 0.1) is 16.7 Å². The molecule has 1 aromatic carbocycles. The quantitative estimate of drug-likeness (QED) is 0.918. The van der Waals surface area contributed by atoms with Crippen LogP contribution >= 0.6 is 0 Å². The zero-order chi connectivity index (χ0) is 17.5. The van der Waals surface area contributed by atoms with Gasteiger partial charge in [-0.1, -0.05) is 6.07 Å². The normalized spacial score (nSPS) is 15.5. The molecule has 1 aliphatic heterocycles. The van der Waals surface area contributed by atoms with Gasteiger partial charge in [0, 0.05) is 31.8 Å². The lowest BCUT2D eigenvalue weighted by Gasteiger charge is -2.32. The molecule has 1 aromatic heterocycles. The zero-order valence-electron chi connectivity index (χ0n) is 14.4. The standard InChI is InChI=1S/C18H21N5O/c1-18(2)9-14-15(10-19)17(20)23(21-16(14)11-24-18)13-7-5-6-12(8-13)22(3)4/h5-8,20H,9,11H2,1-4H3. The van der Waals surface area contributed by atoms with Crippen LogP contribution in [0.4, 0.5) is 5.69 Å². The van der Waals surface area contributed by atoms with Crippen molar-refractivity contribution in [3.63, 3.8) is 0 Å². The van der Waals surface area contributed by atoms with E-state index in [1.165, 1.54) is 4.68 Å². The molecule has 3 rings (SSSR count). The van der Waals surface area contributed by atoms with Crippen molar-refractivity contribution in [3.05, 3.63) is 46.6 Å². The van der Waals surface area contributed by atoms with Crippen molar-refractivity contribution in [2.75, 3.05) is 19.0 Å². The fourth-order valence-corrected chi connectivity index (χ4v) is 2.88. The van der Waals surface area contributed by atoms with Crippen LogP contribution in [0.5, 0.6) is 0 Å². The Kier molecular flexibility index (Phi) is 3.90. The molecule has 24 heavy (non-hydrogen) atoms. The first-order valence-electron chi connectivity index (χ1n) is 7.84. The lowest BCUT2D eigenvalue weighted by Crippen LogP contribution is -2.37. The minimum Gasteiger partial charge on any atom is -0.378 e. The first kappa shape index (κ1) is 16.2. The second-order valence-electron chi connectivity index (χ2n) is 6.81. The molecule has 2 heterocycles. The number of aromatic nitrogens is 2. The van der Waals surface area contributed by atoms with Crippen LogP contribution in [0.2, 0.25) is 0 Å². The number of hydrogen-bond donors (Lipinski definition) is 1. The summed E-state index contributed by atoms with van der Waals surface area (Å²) < 4.78 is 7.35. The van der Waals surface area contributed by atoms with Gasteiger partial charge in [-0.3, -0.25) is 5.41 Å². The van der Waals surface area contributed by atoms with Gasteiger partial charge in [-0.15, -0.1) is 0 Å². The van der Waals surface area contributed by atoms with E-state index in [1.807, 2.05) is 57.1 Å². The third-order valence-corrected chi connectivity index (χ3v) is 4.22. The Labute approximate surface area is 141 Å². The molecule has 6 heteroatoms. The fourth-order valence-electron chi connectivity index (χ4n) is 2.88. The highest BCUT2D eigenvalue weighted by Gasteiger charge is 2.30. The predicted octanol–water partition coefficient (Wildman–Crippen LogP) is 2.14. The third kappa shape index (κ3) is 2.79. The molecule has 1 aliphatic rings. The van der Waals surface area contributed by atoms with E-state index in [-0.39, 0.29) is 11.1 Å². The highest BCUT2D eigenvalue weighted by molar-refractivity contribution is 5.52. The largest absolute Gasteiger partial charge is 0.378 e. The van der Waals surface area contributed by atoms with Gasteiger partial charge in [-0.25, -0.2) is 4.68 Å². The fraction of sp³-hybridized carbons (Fsp3) is 0.389. The van der Waals surface area contributed by atoms with Crippen LogP contribution in [0.25, 0.3) is 5.69 Å². The minimum absolute atomic E-state index is 0.116. The number of nitrogens with one attached hydrogen (secondary N) is 1. The first-order chi connectivity index (χ1) is 11.3. The van der Waals surface area contributed by atoms with Crippen LogP contribution in [0.1, 0.15) is 30.7 Å². The van der Waals surface area contributed by atoms with Crippen molar-refractivity contribution in [3.8, 4) is 11.8 Å². The van der Waals surface area contributed by atoms with Crippen LogP contribution in [0.15, 0.2) is 24.3 Å². The number of fused-ring (bicyclic) bond motifs is 1. The van der Waals surface area contributed by atoms with Gasteiger partial charge >= 0.3 is 0 Å². The minimum atomic E-state index is -0.344. The number of nitriles is 1. The van der Waals surface area contributed by atoms with Crippen LogP contribution in [0.3, 0.4) is 0 Å². The summed E-state index contributed by atoms with van der Waals surface area (Å²) in [5.74, 6) is 0. The van der Waals surface area contributed by atoms with Gasteiger partial charge in [0.25, 0.3) is 0 Å². The van der Waals surface area contributed by atoms with Gasteiger partial charge in [0.05, 0.1) is 23.6 Å². The van der Waals surface area contributed by atoms with Gasteiger partial charge in [0.2, 0.25) is 0 Å². The Bertz CT molecular complexity index is 889. The Morgan fingerprint density at radius 2 is 2.12 bits per heavy atom. The maximum Gasteiger partial charge on any atom is 0.164 e. The summed E-state index contributed by atoms with van der Waals surface area (Å²) in [5.41, 5.74) is 3.49. The number of ether oxygens (including phenoxy) is 1. The van der Waals surface area contributed by atoms with Crippen molar-refractivity contribution in [2.45, 2.75) is 32.5 Å². The van der Waals surface area contributed by atoms with Crippen LogP contribution in [-0.2, 0) is 17.8 Å². The molecule has 124 valence electrons. The lowest BCUT2D eigenvalue weighted by molar-refractivity contribution is -0.0428. The summed E-state index contributed by atoms with van der Waals surface area (Å²) >= 11 is 0. The molecular formula is C18H21N5O. The maximum atomic E-state index is 9.60. The van der Waals surface area contributed by atoms with Gasteiger partial charge in [-0.05, 0) is 32.0 Å². The number of hydrogen-bond acceptors (Lipinski definition) is 5. The molecule has 0 saturated carbocycles. The number of benzene rings is 1. The zero-order valence-corrected chi connectivity index (χ0v) is 14.4. The molecule has 2 aromatic rings. The molecule has 0 bridgehead atoms. The SMILES string of the molecule is CN(C)c1cccc(-n2nc3c(c(C#N)c2=N)CC(C)(C)OC3)c1. The van der Waals surface area contributed by atoms with Gasteiger partial charge in [-0.2, -0.15) is 10.4 Å². The molecule has 0 atom stereocenters. The maximum absolute atomic E-state index is 9.60. The van der Waals surface area contributed by atoms with Gasteiger partial charge < -0.3 is 9.64 Å². The average molecular weight is 323 g/mol. The Morgan fingerprint density at radius 3 is 2.79 bits per heavy atom. The summed E-state index contributed by atoms with van der Waals surface area (Å²) in [6, 6.07) is 9.94. The molecule has 6 nitrogen and oxygen atoms in total. The lowest BCUT2D eigenvalue weighted by atomic mass is 9.92. The van der Waals surface area contributed by atoms with E-state index < -0.39 is 0 Å². The molecule has 0 radical (unpaired) electrons. The van der Waals surface area contributed by atoms with Crippen LogP contribution in [-0.4, -0.2) is 29.5 Å². The Balaban J connectivity index is 2.20. The Hall–Kier alpha value is -2.65. The third-order valence-electron chi connectivity index (χ3n) is 4.22.